The molecule has 41 heavy (non-hydrogen) atoms. The van der Waals surface area contributed by atoms with Gasteiger partial charge in [0, 0.05) is 5.54 Å². The monoisotopic (exact) mass is 562 g/mol. The van der Waals surface area contributed by atoms with Crippen molar-refractivity contribution in [1.82, 2.24) is 10.2 Å². The maximum Gasteiger partial charge on any atom is 0.337 e. The molecule has 9 heteroatoms. The van der Waals surface area contributed by atoms with Crippen LogP contribution in [0.4, 0.5) is 0 Å². The largest absolute Gasteiger partial charge is 0.468 e. The van der Waals surface area contributed by atoms with E-state index in [0.717, 1.165) is 5.56 Å². The van der Waals surface area contributed by atoms with Crippen molar-refractivity contribution in [3.8, 4) is 0 Å². The smallest absolute Gasteiger partial charge is 0.337 e. The van der Waals surface area contributed by atoms with Crippen LogP contribution in [0.3, 0.4) is 0 Å². The number of esters is 3. The molecule has 2 heterocycles. The number of carbonyl (C=O) groups is 4. The number of hydrogen-bond donors (Lipinski definition) is 1. The molecule has 3 atom stereocenters. The number of methoxy groups -OCH3 is 3. The van der Waals surface area contributed by atoms with Crippen LogP contribution in [-0.2, 0) is 50.9 Å². The molecule has 2 aromatic rings. The van der Waals surface area contributed by atoms with Crippen LogP contribution in [0.1, 0.15) is 51.3 Å². The first-order valence-corrected chi connectivity index (χ1v) is 13.6. The average molecular weight is 563 g/mol. The number of rotatable bonds is 8. The van der Waals surface area contributed by atoms with Gasteiger partial charge in [-0.1, -0.05) is 68.4 Å². The second-order valence-corrected chi connectivity index (χ2v) is 11.8. The molecule has 0 spiro atoms. The lowest BCUT2D eigenvalue weighted by atomic mass is 9.70. The first-order valence-electron chi connectivity index (χ1n) is 13.6. The number of benzene rings is 2. The van der Waals surface area contributed by atoms with Gasteiger partial charge in [-0.25, -0.2) is 9.59 Å². The zero-order chi connectivity index (χ0) is 30.3. The Morgan fingerprint density at radius 2 is 1.34 bits per heavy atom. The molecular formula is C32H38N2O7. The molecule has 4 rings (SSSR count). The third kappa shape index (κ3) is 4.43. The highest BCUT2D eigenvalue weighted by molar-refractivity contribution is 6.14. The van der Waals surface area contributed by atoms with E-state index < -0.39 is 52.4 Å². The Balaban J connectivity index is 2.28. The van der Waals surface area contributed by atoms with E-state index in [1.54, 1.807) is 17.0 Å². The molecule has 0 fully saturated rings. The highest BCUT2D eigenvalue weighted by Gasteiger charge is 2.76. The van der Waals surface area contributed by atoms with Crippen LogP contribution in [0.15, 0.2) is 65.7 Å². The fraction of sp³-hybridized carbons (Fsp3) is 0.438. The summed E-state index contributed by atoms with van der Waals surface area (Å²) in [6.07, 6.45) is 0.153. The van der Waals surface area contributed by atoms with E-state index in [2.05, 4.69) is 5.32 Å². The summed E-state index contributed by atoms with van der Waals surface area (Å²) in [6.45, 7) is 9.14. The van der Waals surface area contributed by atoms with Crippen LogP contribution in [0.25, 0.3) is 0 Å². The molecular weight excluding hydrogens is 524 g/mol. The van der Waals surface area contributed by atoms with Gasteiger partial charge in [-0.3, -0.25) is 14.5 Å². The van der Waals surface area contributed by atoms with E-state index in [0.29, 0.717) is 11.1 Å². The van der Waals surface area contributed by atoms with E-state index in [9.17, 15) is 19.2 Å². The summed E-state index contributed by atoms with van der Waals surface area (Å²) >= 11 is 0. The SMILES string of the molecule is COC(=O)C1=C(C(=O)OC)[C@]2(Cc3ccccc3)c3ccccc3[C@@]1(C(=O)NC(C)(C)C)N2[C@H](C(=O)OC)C(C)C. The second-order valence-electron chi connectivity index (χ2n) is 11.8. The normalized spacial score (nSPS) is 22.3. The van der Waals surface area contributed by atoms with Gasteiger partial charge in [-0.2, -0.15) is 0 Å². The van der Waals surface area contributed by atoms with E-state index in [-0.39, 0.29) is 17.6 Å². The van der Waals surface area contributed by atoms with E-state index in [4.69, 9.17) is 14.2 Å². The van der Waals surface area contributed by atoms with Crippen LogP contribution in [0.2, 0.25) is 0 Å². The first-order chi connectivity index (χ1) is 19.3. The van der Waals surface area contributed by atoms with Crippen LogP contribution >= 0.6 is 0 Å². The van der Waals surface area contributed by atoms with Crippen LogP contribution in [0.5, 0.6) is 0 Å². The summed E-state index contributed by atoms with van der Waals surface area (Å²) in [6, 6.07) is 15.6. The lowest BCUT2D eigenvalue weighted by molar-refractivity contribution is -0.160. The first kappa shape index (κ1) is 30.0. The van der Waals surface area contributed by atoms with Gasteiger partial charge in [0.25, 0.3) is 5.91 Å². The van der Waals surface area contributed by atoms with Gasteiger partial charge in [0.1, 0.15) is 6.04 Å². The Hall–Kier alpha value is -3.98. The zero-order valence-corrected chi connectivity index (χ0v) is 24.9. The molecule has 9 nitrogen and oxygen atoms in total. The number of hydrogen-bond acceptors (Lipinski definition) is 8. The number of amides is 1. The number of nitrogens with zero attached hydrogens (tertiary/aromatic N) is 1. The van der Waals surface area contributed by atoms with E-state index >= 15 is 0 Å². The summed E-state index contributed by atoms with van der Waals surface area (Å²) in [5.41, 5.74) is -2.39. The predicted octanol–water partition coefficient (Wildman–Crippen LogP) is 3.40. The summed E-state index contributed by atoms with van der Waals surface area (Å²) in [7, 11) is 3.71. The maximum atomic E-state index is 14.8. The minimum absolute atomic E-state index is 0.0342. The molecule has 0 aromatic heterocycles. The molecule has 218 valence electrons. The summed E-state index contributed by atoms with van der Waals surface area (Å²) in [4.78, 5) is 58.0. The molecule has 1 amide bonds. The summed E-state index contributed by atoms with van der Waals surface area (Å²) in [5.74, 6) is -3.23. The number of fused-ring (bicyclic) bond motifs is 5. The van der Waals surface area contributed by atoms with Gasteiger partial charge in [0.15, 0.2) is 5.54 Å². The summed E-state index contributed by atoms with van der Waals surface area (Å²) in [5, 5.41) is 3.04. The highest BCUT2D eigenvalue weighted by atomic mass is 16.5. The van der Waals surface area contributed by atoms with Gasteiger partial charge in [0.05, 0.1) is 38.0 Å². The molecule has 2 bridgehead atoms. The Morgan fingerprint density at radius 3 is 1.85 bits per heavy atom. The zero-order valence-electron chi connectivity index (χ0n) is 24.9. The fourth-order valence-corrected chi connectivity index (χ4v) is 6.51. The Kier molecular flexibility index (Phi) is 7.88. The van der Waals surface area contributed by atoms with Crippen molar-refractivity contribution >= 4 is 23.8 Å². The molecule has 1 N–H and O–H groups in total. The van der Waals surface area contributed by atoms with Crippen molar-refractivity contribution < 1.29 is 33.4 Å². The van der Waals surface area contributed by atoms with Gasteiger partial charge >= 0.3 is 17.9 Å². The quantitative estimate of drug-likeness (QED) is 0.385. The molecule has 0 saturated carbocycles. The fourth-order valence-electron chi connectivity index (χ4n) is 6.51. The second kappa shape index (κ2) is 10.8. The molecule has 2 aliphatic rings. The van der Waals surface area contributed by atoms with Crippen molar-refractivity contribution in [3.63, 3.8) is 0 Å². The molecule has 0 saturated heterocycles. The van der Waals surface area contributed by atoms with Crippen molar-refractivity contribution in [2.24, 2.45) is 5.92 Å². The minimum Gasteiger partial charge on any atom is -0.468 e. The van der Waals surface area contributed by atoms with Crippen LogP contribution < -0.4 is 5.32 Å². The average Bonchev–Trinajstić information content (AvgIpc) is 3.33. The van der Waals surface area contributed by atoms with Gasteiger partial charge in [-0.15, -0.1) is 0 Å². The van der Waals surface area contributed by atoms with Gasteiger partial charge < -0.3 is 19.5 Å². The third-order valence-electron chi connectivity index (χ3n) is 7.81. The Labute approximate surface area is 240 Å². The highest BCUT2D eigenvalue weighted by Crippen LogP contribution is 2.66. The lowest BCUT2D eigenvalue weighted by Gasteiger charge is -2.46. The number of ether oxygens (including phenoxy) is 3. The Bertz CT molecular complexity index is 1410. The predicted molar refractivity (Wildman–Crippen MR) is 151 cm³/mol. The van der Waals surface area contributed by atoms with Crippen molar-refractivity contribution in [3.05, 3.63) is 82.4 Å². The molecule has 2 aliphatic heterocycles. The minimum atomic E-state index is -1.92. The number of nitrogens with one attached hydrogen (secondary N) is 1. The number of carbonyl (C=O) groups excluding carboxylic acids is 4. The van der Waals surface area contributed by atoms with Crippen molar-refractivity contribution in [2.45, 2.75) is 63.7 Å². The lowest BCUT2D eigenvalue weighted by Crippen LogP contribution is -2.64. The van der Waals surface area contributed by atoms with E-state index in [1.165, 1.54) is 21.3 Å². The molecule has 0 aliphatic carbocycles. The molecule has 2 aromatic carbocycles. The third-order valence-corrected chi connectivity index (χ3v) is 7.81. The Morgan fingerprint density at radius 1 is 0.805 bits per heavy atom. The summed E-state index contributed by atoms with van der Waals surface area (Å²) < 4.78 is 15.9. The molecule has 0 radical (unpaired) electrons. The van der Waals surface area contributed by atoms with Gasteiger partial charge in [0.2, 0.25) is 0 Å². The topological polar surface area (TPSA) is 111 Å². The van der Waals surface area contributed by atoms with Crippen molar-refractivity contribution in [2.75, 3.05) is 21.3 Å². The van der Waals surface area contributed by atoms with Crippen molar-refractivity contribution in [1.29, 1.82) is 0 Å². The molecule has 0 unspecified atom stereocenters. The maximum absolute atomic E-state index is 14.8. The van der Waals surface area contributed by atoms with E-state index in [1.807, 2.05) is 77.1 Å². The van der Waals surface area contributed by atoms with Gasteiger partial charge in [-0.05, 0) is 49.8 Å². The van der Waals surface area contributed by atoms with Crippen LogP contribution in [0, 0.1) is 5.92 Å². The van der Waals surface area contributed by atoms with Crippen LogP contribution in [-0.4, -0.2) is 61.6 Å². The standard InChI is InChI=1S/C32H38N2O7/c1-19(2)25(28(37)41-8)34-31(18-20-14-10-9-11-15-20)21-16-12-13-17-22(21)32(34,29(38)33-30(3,4)5)24(27(36)40-7)23(31)26(35)39-6/h9-17,19,25H,18H2,1-8H3,(H,33,38)/t25-,31-,32+/m0/s1.